The number of rotatable bonds is 4. The summed E-state index contributed by atoms with van der Waals surface area (Å²) in [6.45, 7) is -0.426. The molecule has 1 heterocycles. The Balaban J connectivity index is 0.000000455. The fraction of sp³-hybridized carbons (Fsp3) is 0.0312. The van der Waals surface area contributed by atoms with E-state index in [2.05, 4.69) is 67.8 Å². The van der Waals surface area contributed by atoms with Crippen LogP contribution in [0.1, 0.15) is 17.3 Å². The van der Waals surface area contributed by atoms with E-state index in [1.54, 1.807) is 0 Å². The first-order chi connectivity index (χ1) is 17.2. The quantitative estimate of drug-likeness (QED) is 0.236. The molecule has 2 fully saturated rings. The van der Waals surface area contributed by atoms with Gasteiger partial charge in [0.2, 0.25) is 5.78 Å². The third-order valence-electron chi connectivity index (χ3n) is 6.22. The molecule has 36 heavy (non-hydrogen) atoms. The zero-order valence-corrected chi connectivity index (χ0v) is 21.9. The summed E-state index contributed by atoms with van der Waals surface area (Å²) in [6.07, 6.45) is 16.4. The van der Waals surface area contributed by atoms with Crippen molar-refractivity contribution in [2.45, 2.75) is 6.92 Å². The predicted molar refractivity (Wildman–Crippen MR) is 149 cm³/mol. The van der Waals surface area contributed by atoms with Crippen molar-refractivity contribution in [3.05, 3.63) is 160 Å². The van der Waals surface area contributed by atoms with Gasteiger partial charge in [0.25, 0.3) is 0 Å². The topological polar surface area (TPSA) is 29.4 Å². The van der Waals surface area contributed by atoms with E-state index in [1.165, 1.54) is 5.66 Å². The van der Waals surface area contributed by atoms with Crippen molar-refractivity contribution in [1.29, 1.82) is 0 Å². The maximum Gasteiger partial charge on any atom is 2.00 e. The summed E-state index contributed by atoms with van der Waals surface area (Å²) in [5.41, 5.74) is 3.45. The molecule has 0 amide bonds. The number of hydrogen-bond donors (Lipinski definition) is 0. The molecule has 3 aromatic carbocycles. The Morgan fingerprint density at radius 1 is 0.639 bits per heavy atom. The van der Waals surface area contributed by atoms with E-state index in [0.717, 1.165) is 22.2 Å². The first-order valence-electron chi connectivity index (χ1n) is 11.7. The summed E-state index contributed by atoms with van der Waals surface area (Å²) in [5, 5.41) is 2.30. The molecule has 2 saturated carbocycles. The van der Waals surface area contributed by atoms with Crippen molar-refractivity contribution in [2.75, 3.05) is 0 Å². The van der Waals surface area contributed by atoms with Crippen LogP contribution in [-0.4, -0.2) is 16.9 Å². The number of Topliss-reactive ketones (excluding diaryl/α,β-unsaturated/α-hetero) is 1. The Morgan fingerprint density at radius 3 is 1.61 bits per heavy atom. The van der Waals surface area contributed by atoms with Crippen LogP contribution in [-0.2, 0) is 17.1 Å². The number of aliphatic imine (C=N–C) groups is 1. The molecule has 0 saturated heterocycles. The van der Waals surface area contributed by atoms with Crippen LogP contribution in [0.25, 0.3) is 0 Å². The zero-order valence-electron chi connectivity index (χ0n) is 19.9. The molecule has 0 aromatic heterocycles. The summed E-state index contributed by atoms with van der Waals surface area (Å²) in [5.74, 6) is 1.14. The van der Waals surface area contributed by atoms with Gasteiger partial charge in [0, 0.05) is 22.9 Å². The minimum Gasteiger partial charge on any atom is -0.287 e. The van der Waals surface area contributed by atoms with Gasteiger partial charge < -0.3 is 0 Å². The maximum absolute atomic E-state index is 13.9. The van der Waals surface area contributed by atoms with Gasteiger partial charge in [0.15, 0.2) is 0 Å². The van der Waals surface area contributed by atoms with Crippen molar-refractivity contribution in [3.8, 4) is 0 Å². The molecule has 2 aliphatic carbocycles. The molecule has 3 aliphatic rings. The minimum absolute atomic E-state index is 0. The Kier molecular flexibility index (Phi) is 9.24. The van der Waals surface area contributed by atoms with Crippen molar-refractivity contribution in [2.24, 2.45) is 4.99 Å². The second kappa shape index (κ2) is 12.4. The standard InChI is InChI=1S/C27H21NOP.C5H5.Fe/c1-20-24-18-11-19-25(24)30(22-14-7-3-8-15-22,23-16-9-4-10-17-23)27(28-20)26(29)21-12-5-2-6-13-21;1-2-4-5-3-1;/h2-19H,1H3;1-5H;/q;;+2. The number of benzene rings is 3. The fourth-order valence-corrected chi connectivity index (χ4v) is 9.09. The summed E-state index contributed by atoms with van der Waals surface area (Å²) in [6, 6.07) is 30.4. The van der Waals surface area contributed by atoms with Crippen LogP contribution in [0.3, 0.4) is 0 Å². The molecule has 176 valence electrons. The van der Waals surface area contributed by atoms with Gasteiger partial charge in [-0.2, -0.15) is 0 Å². The van der Waals surface area contributed by atoms with E-state index in [1.807, 2.05) is 81.5 Å². The van der Waals surface area contributed by atoms with Crippen LogP contribution in [0.5, 0.6) is 0 Å². The van der Waals surface area contributed by atoms with Crippen molar-refractivity contribution in [1.82, 2.24) is 0 Å². The largest absolute Gasteiger partial charge is 2.00 e. The number of nitrogens with zero attached hydrogens (tertiary/aromatic N) is 1. The number of fused-ring (bicyclic) bond motifs is 1. The van der Waals surface area contributed by atoms with Crippen molar-refractivity contribution in [3.63, 3.8) is 0 Å². The van der Waals surface area contributed by atoms with E-state index >= 15 is 0 Å². The molecule has 0 bridgehead atoms. The summed E-state index contributed by atoms with van der Waals surface area (Å²) >= 11 is 0. The minimum atomic E-state index is -2.43. The smallest absolute Gasteiger partial charge is 0.287 e. The molecule has 3 aromatic rings. The molecule has 1 aliphatic heterocycles. The van der Waals surface area contributed by atoms with Gasteiger partial charge in [-0.25, -0.2) is 0 Å². The van der Waals surface area contributed by atoms with Gasteiger partial charge >= 0.3 is 17.1 Å². The summed E-state index contributed by atoms with van der Waals surface area (Å²) in [4.78, 5) is 18.9. The van der Waals surface area contributed by atoms with Crippen LogP contribution in [0.2, 0.25) is 0 Å². The summed E-state index contributed by atoms with van der Waals surface area (Å²) < 4.78 is 0. The Bertz CT molecular complexity index is 1180. The molecule has 4 heteroatoms. The molecule has 0 spiro atoms. The van der Waals surface area contributed by atoms with Gasteiger partial charge in [-0.3, -0.25) is 9.79 Å². The average Bonchev–Trinajstić information content (AvgIpc) is 3.66. The SMILES string of the molecule is CC1=NC(C(=O)c2ccccc2)=P(c2ccccc2)(c2ccccc2)[C]2[CH][CH][CH][C]21.[CH]1[CH][CH][CH][CH]1.[Fe+2]. The molecular formula is C32H26FeNOP+2. The average molecular weight is 527 g/mol. The Hall–Kier alpha value is -2.18. The molecule has 0 unspecified atom stereocenters. The number of ketones is 1. The van der Waals surface area contributed by atoms with Crippen LogP contribution in [0.15, 0.2) is 96.0 Å². The fourth-order valence-electron chi connectivity index (χ4n) is 4.63. The Morgan fingerprint density at radius 2 is 1.11 bits per heavy atom. The monoisotopic (exact) mass is 527 g/mol. The molecule has 2 nitrogen and oxygen atoms in total. The third kappa shape index (κ3) is 5.12. The van der Waals surface area contributed by atoms with Gasteiger partial charge in [-0.05, 0) is 75.8 Å². The van der Waals surface area contributed by atoms with Gasteiger partial charge in [0.1, 0.15) is 5.42 Å². The first kappa shape index (κ1) is 26.9. The van der Waals surface area contributed by atoms with E-state index in [-0.39, 0.29) is 22.9 Å². The van der Waals surface area contributed by atoms with E-state index < -0.39 is 6.89 Å². The first-order valence-corrected chi connectivity index (χ1v) is 13.5. The van der Waals surface area contributed by atoms with Crippen LogP contribution in [0.4, 0.5) is 0 Å². The van der Waals surface area contributed by atoms with Gasteiger partial charge in [-0.1, -0.05) is 91.0 Å². The molecule has 6 rings (SSSR count). The maximum atomic E-state index is 13.9. The molecule has 0 N–H and O–H groups in total. The predicted octanol–water partition coefficient (Wildman–Crippen LogP) is 5.89. The number of carbonyl (C=O) groups is 1. The number of hydrogen-bond acceptors (Lipinski definition) is 2. The Labute approximate surface area is 227 Å². The second-order valence-corrected chi connectivity index (χ2v) is 11.6. The van der Waals surface area contributed by atoms with Crippen molar-refractivity contribution >= 4 is 34.4 Å². The van der Waals surface area contributed by atoms with E-state index in [0.29, 0.717) is 11.0 Å². The van der Waals surface area contributed by atoms with E-state index in [9.17, 15) is 4.79 Å². The molecular weight excluding hydrogens is 501 g/mol. The van der Waals surface area contributed by atoms with Gasteiger partial charge in [-0.15, -0.1) is 0 Å². The second-order valence-electron chi connectivity index (χ2n) is 8.34. The van der Waals surface area contributed by atoms with Gasteiger partial charge in [0.05, 0.1) is 0 Å². The van der Waals surface area contributed by atoms with Crippen LogP contribution >= 0.6 is 6.89 Å². The van der Waals surface area contributed by atoms with Crippen molar-refractivity contribution < 1.29 is 21.9 Å². The molecule has 10 radical (unpaired) electrons. The normalized spacial score (nSPS) is 18.9. The molecule has 0 atom stereocenters. The number of carbonyl (C=O) groups excluding carboxylic acids is 1. The van der Waals surface area contributed by atoms with Crippen LogP contribution in [0, 0.1) is 62.9 Å². The third-order valence-corrected chi connectivity index (χ3v) is 10.4. The summed E-state index contributed by atoms with van der Waals surface area (Å²) in [7, 11) is 0. The van der Waals surface area contributed by atoms with Crippen LogP contribution < -0.4 is 10.6 Å². The van der Waals surface area contributed by atoms with E-state index in [4.69, 9.17) is 4.99 Å². The zero-order chi connectivity index (χ0) is 24.1.